The van der Waals surface area contributed by atoms with Crippen molar-refractivity contribution in [3.8, 4) is 5.75 Å². The van der Waals surface area contributed by atoms with E-state index in [1.807, 2.05) is 4.90 Å². The van der Waals surface area contributed by atoms with Crippen LogP contribution >= 0.6 is 11.6 Å². The number of carbonyl (C=O) groups is 1. The lowest BCUT2D eigenvalue weighted by molar-refractivity contribution is 0.0161. The van der Waals surface area contributed by atoms with Gasteiger partial charge in [-0.3, -0.25) is 4.90 Å². The highest BCUT2D eigenvalue weighted by Gasteiger charge is 2.24. The molecule has 1 unspecified atom stereocenters. The fourth-order valence-corrected chi connectivity index (χ4v) is 2.67. The van der Waals surface area contributed by atoms with Crippen LogP contribution in [0.25, 0.3) is 0 Å². The molecule has 1 amide bonds. The number of piperidine rings is 1. The molecule has 1 aromatic rings. The summed E-state index contributed by atoms with van der Waals surface area (Å²) < 4.78 is 23.6. The van der Waals surface area contributed by atoms with Crippen molar-refractivity contribution in [1.82, 2.24) is 4.90 Å². The first-order valence-corrected chi connectivity index (χ1v) is 7.76. The smallest absolute Gasteiger partial charge is 0.404 e. The number of nitrogens with two attached hydrogens (primary N) is 1. The predicted octanol–water partition coefficient (Wildman–Crippen LogP) is 1.78. The fraction of sp³-hybridized carbons (Fsp3) is 0.533. The predicted molar refractivity (Wildman–Crippen MR) is 83.0 cm³/mol. The van der Waals surface area contributed by atoms with Crippen molar-refractivity contribution in [2.45, 2.75) is 25.0 Å². The van der Waals surface area contributed by atoms with E-state index >= 15 is 0 Å². The molecule has 128 valence electrons. The molecule has 23 heavy (non-hydrogen) atoms. The number of benzene rings is 1. The van der Waals surface area contributed by atoms with Crippen LogP contribution in [0.2, 0.25) is 5.02 Å². The minimum Gasteiger partial charge on any atom is -0.491 e. The Morgan fingerprint density at radius 2 is 2.35 bits per heavy atom. The summed E-state index contributed by atoms with van der Waals surface area (Å²) in [6.07, 6.45) is -0.171. The molecule has 1 fully saturated rings. The number of primary amides is 1. The summed E-state index contributed by atoms with van der Waals surface area (Å²) in [4.78, 5) is 12.8. The number of carbonyl (C=O) groups excluding carboxylic acids is 1. The summed E-state index contributed by atoms with van der Waals surface area (Å²) in [6, 6.07) is 4.11. The number of aliphatic hydroxyl groups is 1. The lowest BCUT2D eigenvalue weighted by Gasteiger charge is -2.33. The average molecular weight is 347 g/mol. The molecule has 1 aliphatic heterocycles. The topological polar surface area (TPSA) is 85.0 Å². The highest BCUT2D eigenvalue weighted by atomic mass is 35.5. The Labute approximate surface area is 138 Å². The first-order chi connectivity index (χ1) is 10.9. The van der Waals surface area contributed by atoms with Gasteiger partial charge in [0.1, 0.15) is 30.4 Å². The second-order valence-corrected chi connectivity index (χ2v) is 5.91. The average Bonchev–Trinajstić information content (AvgIpc) is 2.48. The van der Waals surface area contributed by atoms with E-state index in [1.165, 1.54) is 18.2 Å². The summed E-state index contributed by atoms with van der Waals surface area (Å²) in [6.45, 7) is 1.72. The number of nitrogens with zero attached hydrogens (tertiary/aromatic N) is 1. The molecule has 1 aromatic carbocycles. The number of hydrogen-bond donors (Lipinski definition) is 2. The molecule has 6 nitrogen and oxygen atoms in total. The van der Waals surface area contributed by atoms with Gasteiger partial charge in [0.2, 0.25) is 0 Å². The lowest BCUT2D eigenvalue weighted by Crippen LogP contribution is -2.45. The number of aliphatic hydroxyl groups excluding tert-OH is 1. The number of hydrogen-bond acceptors (Lipinski definition) is 5. The highest BCUT2D eigenvalue weighted by Crippen LogP contribution is 2.20. The van der Waals surface area contributed by atoms with E-state index in [1.54, 1.807) is 0 Å². The Hall–Kier alpha value is -1.57. The van der Waals surface area contributed by atoms with Crippen molar-refractivity contribution in [1.29, 1.82) is 0 Å². The van der Waals surface area contributed by atoms with Gasteiger partial charge in [-0.15, -0.1) is 0 Å². The minimum absolute atomic E-state index is 0.0201. The molecule has 0 spiro atoms. The van der Waals surface area contributed by atoms with Crippen molar-refractivity contribution >= 4 is 17.7 Å². The monoisotopic (exact) mass is 346 g/mol. The number of halogens is 2. The molecular formula is C15H20ClFN2O4. The van der Waals surface area contributed by atoms with Gasteiger partial charge >= 0.3 is 6.09 Å². The number of amides is 1. The van der Waals surface area contributed by atoms with Gasteiger partial charge in [0.05, 0.1) is 5.02 Å². The van der Waals surface area contributed by atoms with Crippen LogP contribution in [0, 0.1) is 5.82 Å². The van der Waals surface area contributed by atoms with Gasteiger partial charge in [0.15, 0.2) is 0 Å². The van der Waals surface area contributed by atoms with Gasteiger partial charge in [-0.2, -0.15) is 0 Å². The molecule has 1 saturated heterocycles. The summed E-state index contributed by atoms with van der Waals surface area (Å²) in [5.74, 6) is -0.263. The number of β-amino-alcohol motifs (C(OH)–C–C–N with tert-alkyl or cyclic N) is 1. The zero-order valence-electron chi connectivity index (χ0n) is 12.6. The Morgan fingerprint density at radius 1 is 1.57 bits per heavy atom. The molecule has 0 aromatic heterocycles. The van der Waals surface area contributed by atoms with Gasteiger partial charge in [-0.05, 0) is 31.5 Å². The molecule has 0 aliphatic carbocycles. The van der Waals surface area contributed by atoms with Crippen LogP contribution in [0.4, 0.5) is 9.18 Å². The fourth-order valence-electron chi connectivity index (χ4n) is 2.55. The summed E-state index contributed by atoms with van der Waals surface area (Å²) in [7, 11) is 0. The summed E-state index contributed by atoms with van der Waals surface area (Å²) >= 11 is 5.59. The molecule has 1 aliphatic rings. The second-order valence-electron chi connectivity index (χ2n) is 5.50. The molecule has 0 bridgehead atoms. The molecular weight excluding hydrogens is 327 g/mol. The maximum atomic E-state index is 13.3. The summed E-state index contributed by atoms with van der Waals surface area (Å²) in [5, 5.41) is 10.1. The van der Waals surface area contributed by atoms with Crippen LogP contribution in [0.5, 0.6) is 5.75 Å². The van der Waals surface area contributed by atoms with Crippen molar-refractivity contribution in [3.05, 3.63) is 29.0 Å². The Kier molecular flexibility index (Phi) is 6.44. The van der Waals surface area contributed by atoms with E-state index in [0.29, 0.717) is 18.8 Å². The Balaban J connectivity index is 1.76. The standard InChI is InChI=1S/C15H20ClFN2O4/c16-13-4-3-11(6-14(13)17)22-9-10(20)7-19-5-1-2-12(8-19)23-15(18)21/h3-4,6,10,12,20H,1-2,5,7-9H2,(H2,18,21)/t10?,12-/m0/s1. The summed E-state index contributed by atoms with van der Waals surface area (Å²) in [5.41, 5.74) is 5.02. The van der Waals surface area contributed by atoms with Gasteiger partial charge in [-0.25, -0.2) is 9.18 Å². The maximum absolute atomic E-state index is 13.3. The van der Waals surface area contributed by atoms with Gasteiger partial charge in [-0.1, -0.05) is 11.6 Å². The van der Waals surface area contributed by atoms with Crippen LogP contribution in [-0.4, -0.2) is 54.5 Å². The van der Waals surface area contributed by atoms with Crippen LogP contribution in [0.3, 0.4) is 0 Å². The third kappa shape index (κ3) is 5.85. The highest BCUT2D eigenvalue weighted by molar-refractivity contribution is 6.30. The SMILES string of the molecule is NC(=O)O[C@H]1CCCN(CC(O)COc2ccc(Cl)c(F)c2)C1. The van der Waals surface area contributed by atoms with E-state index in [4.69, 9.17) is 26.8 Å². The normalized spacial score (nSPS) is 20.0. The van der Waals surface area contributed by atoms with Gasteiger partial charge < -0.3 is 20.3 Å². The molecule has 2 rings (SSSR count). The van der Waals surface area contributed by atoms with E-state index in [-0.39, 0.29) is 17.7 Å². The zero-order valence-corrected chi connectivity index (χ0v) is 13.3. The quantitative estimate of drug-likeness (QED) is 0.820. The van der Waals surface area contributed by atoms with Crippen molar-refractivity contribution in [2.24, 2.45) is 5.73 Å². The van der Waals surface area contributed by atoms with Crippen LogP contribution in [0.15, 0.2) is 18.2 Å². The molecule has 1 heterocycles. The van der Waals surface area contributed by atoms with E-state index in [9.17, 15) is 14.3 Å². The minimum atomic E-state index is -0.787. The number of likely N-dealkylation sites (tertiary alicyclic amines) is 1. The largest absolute Gasteiger partial charge is 0.491 e. The first-order valence-electron chi connectivity index (χ1n) is 7.38. The number of ether oxygens (including phenoxy) is 2. The third-order valence-electron chi connectivity index (χ3n) is 3.55. The van der Waals surface area contributed by atoms with Crippen molar-refractivity contribution in [2.75, 3.05) is 26.2 Å². The zero-order chi connectivity index (χ0) is 16.8. The van der Waals surface area contributed by atoms with Crippen molar-refractivity contribution < 1.29 is 23.8 Å². The van der Waals surface area contributed by atoms with Gasteiger partial charge in [0, 0.05) is 19.2 Å². The first kappa shape index (κ1) is 17.8. The lowest BCUT2D eigenvalue weighted by atomic mass is 10.1. The van der Waals surface area contributed by atoms with E-state index < -0.39 is 18.0 Å². The number of rotatable bonds is 6. The van der Waals surface area contributed by atoms with Crippen LogP contribution in [-0.2, 0) is 4.74 Å². The van der Waals surface area contributed by atoms with E-state index in [2.05, 4.69) is 0 Å². The molecule has 3 N–H and O–H groups in total. The van der Waals surface area contributed by atoms with E-state index in [0.717, 1.165) is 19.4 Å². The van der Waals surface area contributed by atoms with Crippen molar-refractivity contribution in [3.63, 3.8) is 0 Å². The molecule has 0 saturated carbocycles. The third-order valence-corrected chi connectivity index (χ3v) is 3.85. The maximum Gasteiger partial charge on any atom is 0.404 e. The second kappa shape index (κ2) is 8.33. The Bertz CT molecular complexity index is 546. The Morgan fingerprint density at radius 3 is 3.04 bits per heavy atom. The molecule has 2 atom stereocenters. The molecule has 0 radical (unpaired) electrons. The van der Waals surface area contributed by atoms with Crippen LogP contribution in [0.1, 0.15) is 12.8 Å². The van der Waals surface area contributed by atoms with Crippen LogP contribution < -0.4 is 10.5 Å². The van der Waals surface area contributed by atoms with Gasteiger partial charge in [0.25, 0.3) is 0 Å². The molecule has 8 heteroatoms.